The van der Waals surface area contributed by atoms with E-state index in [0.29, 0.717) is 13.1 Å². The van der Waals surface area contributed by atoms with Gasteiger partial charge in [0.05, 0.1) is 0 Å². The van der Waals surface area contributed by atoms with Gasteiger partial charge >= 0.3 is 0 Å². The van der Waals surface area contributed by atoms with Gasteiger partial charge in [-0.05, 0) is 18.9 Å². The fraction of sp³-hybridized carbons (Fsp3) is 0.500. The lowest BCUT2D eigenvalue weighted by Gasteiger charge is -2.03. The number of nitrogens with two attached hydrogens (primary N) is 2. The van der Waals surface area contributed by atoms with Gasteiger partial charge in [0.15, 0.2) is 5.96 Å². The van der Waals surface area contributed by atoms with E-state index in [-0.39, 0.29) is 11.9 Å². The van der Waals surface area contributed by atoms with Gasteiger partial charge in [-0.2, -0.15) is 0 Å². The molecular weight excluding hydrogens is 182 g/mol. The Morgan fingerprint density at radius 1 is 1.43 bits per heavy atom. The second-order valence-electron chi connectivity index (χ2n) is 2.63. The highest BCUT2D eigenvalue weighted by Crippen LogP contribution is 1.86. The summed E-state index contributed by atoms with van der Waals surface area (Å²) in [5.74, 6) is -0.132. The minimum Gasteiger partial charge on any atom is -0.370 e. The molecule has 0 atom stereocenters. The van der Waals surface area contributed by atoms with Crippen LogP contribution in [0.3, 0.4) is 0 Å². The number of unbranched alkanes of at least 4 members (excludes halogenated alkanes) is 1. The summed E-state index contributed by atoms with van der Waals surface area (Å²) in [6.07, 6.45) is 2.95. The van der Waals surface area contributed by atoms with E-state index < -0.39 is 0 Å². The van der Waals surface area contributed by atoms with Crippen molar-refractivity contribution < 1.29 is 4.79 Å². The minimum absolute atomic E-state index is 0.109. The molecule has 0 unspecified atom stereocenters. The number of rotatable bonds is 7. The van der Waals surface area contributed by atoms with Crippen molar-refractivity contribution in [2.45, 2.75) is 12.8 Å². The Hall–Kier alpha value is -1.56. The molecule has 0 aliphatic heterocycles. The molecule has 0 aromatic rings. The fourth-order valence-electron chi connectivity index (χ4n) is 0.734. The number of hydrogen-bond acceptors (Lipinski definition) is 3. The van der Waals surface area contributed by atoms with Gasteiger partial charge in [-0.25, -0.2) is 5.43 Å². The van der Waals surface area contributed by atoms with Crippen LogP contribution in [0.5, 0.6) is 0 Å². The molecule has 80 valence electrons. The van der Waals surface area contributed by atoms with Crippen LogP contribution in [-0.4, -0.2) is 25.0 Å². The Kier molecular flexibility index (Phi) is 7.16. The van der Waals surface area contributed by atoms with Gasteiger partial charge in [0.1, 0.15) is 0 Å². The molecule has 0 spiro atoms. The number of aliphatic imine (C=N–C) groups is 1. The Balaban J connectivity index is 3.18. The zero-order chi connectivity index (χ0) is 10.8. The summed E-state index contributed by atoms with van der Waals surface area (Å²) in [5.41, 5.74) is 15.5. The summed E-state index contributed by atoms with van der Waals surface area (Å²) >= 11 is 0. The van der Waals surface area contributed by atoms with Gasteiger partial charge in [0.2, 0.25) is 0 Å². The smallest absolute Gasteiger partial charge is 0.257 e. The zero-order valence-corrected chi connectivity index (χ0v) is 8.12. The van der Waals surface area contributed by atoms with Crippen LogP contribution in [0.4, 0.5) is 0 Å². The predicted molar refractivity (Wildman–Crippen MR) is 56.3 cm³/mol. The van der Waals surface area contributed by atoms with Gasteiger partial charge in [-0.3, -0.25) is 15.2 Å². The lowest BCUT2D eigenvalue weighted by Crippen LogP contribution is -2.36. The number of amides is 1. The number of nitrogens with zero attached hydrogens (tertiary/aromatic N) is 1. The maximum absolute atomic E-state index is 10.6. The molecule has 0 rings (SSSR count). The van der Waals surface area contributed by atoms with Gasteiger partial charge in [-0.15, -0.1) is 0 Å². The maximum Gasteiger partial charge on any atom is 0.257 e. The van der Waals surface area contributed by atoms with Crippen LogP contribution in [-0.2, 0) is 4.79 Å². The molecule has 0 aromatic carbocycles. The van der Waals surface area contributed by atoms with E-state index >= 15 is 0 Å². The average molecular weight is 199 g/mol. The van der Waals surface area contributed by atoms with Crippen molar-refractivity contribution >= 4 is 11.9 Å². The minimum atomic E-state index is -0.241. The number of carbonyl (C=O) groups is 1. The Bertz CT molecular complexity index is 210. The Morgan fingerprint density at radius 3 is 2.71 bits per heavy atom. The molecule has 0 aliphatic carbocycles. The second-order valence-corrected chi connectivity index (χ2v) is 2.63. The van der Waals surface area contributed by atoms with Crippen LogP contribution < -0.4 is 22.3 Å². The SMILES string of the molecule is C=CC(=O)NNCCCCN=C(N)N. The van der Waals surface area contributed by atoms with Crippen molar-refractivity contribution in [1.29, 1.82) is 0 Å². The van der Waals surface area contributed by atoms with Crippen molar-refractivity contribution in [3.05, 3.63) is 12.7 Å². The predicted octanol–water partition coefficient (Wildman–Crippen LogP) is -1.15. The van der Waals surface area contributed by atoms with Crippen molar-refractivity contribution in [3.63, 3.8) is 0 Å². The molecule has 0 bridgehead atoms. The highest BCUT2D eigenvalue weighted by Gasteiger charge is 1.91. The van der Waals surface area contributed by atoms with Crippen molar-refractivity contribution in [2.75, 3.05) is 13.1 Å². The first-order valence-corrected chi connectivity index (χ1v) is 4.37. The summed E-state index contributed by atoms with van der Waals surface area (Å²) < 4.78 is 0. The van der Waals surface area contributed by atoms with Crippen LogP contribution in [0.15, 0.2) is 17.6 Å². The quantitative estimate of drug-likeness (QED) is 0.136. The number of carbonyl (C=O) groups excluding carboxylic acids is 1. The number of hydrazine groups is 1. The van der Waals surface area contributed by atoms with E-state index in [1.807, 2.05) is 0 Å². The van der Waals surface area contributed by atoms with Gasteiger partial charge in [0.25, 0.3) is 5.91 Å². The van der Waals surface area contributed by atoms with Gasteiger partial charge < -0.3 is 11.5 Å². The largest absolute Gasteiger partial charge is 0.370 e. The molecule has 0 fully saturated rings. The first-order valence-electron chi connectivity index (χ1n) is 4.37. The molecule has 0 aromatic heterocycles. The summed E-state index contributed by atoms with van der Waals surface area (Å²) in [5, 5.41) is 0. The third-order valence-electron chi connectivity index (χ3n) is 1.40. The standard InChI is InChI=1S/C8H17N5O/c1-2-7(14)13-12-6-4-3-5-11-8(9)10/h2,12H,1,3-6H2,(H,13,14)(H4,9,10,11). The number of guanidine groups is 1. The van der Waals surface area contributed by atoms with Crippen molar-refractivity contribution in [3.8, 4) is 0 Å². The summed E-state index contributed by atoms with van der Waals surface area (Å²) in [6.45, 7) is 4.60. The van der Waals surface area contributed by atoms with Gasteiger partial charge in [0, 0.05) is 13.1 Å². The molecule has 0 saturated heterocycles. The van der Waals surface area contributed by atoms with Gasteiger partial charge in [-0.1, -0.05) is 6.58 Å². The second kappa shape index (κ2) is 8.06. The fourth-order valence-corrected chi connectivity index (χ4v) is 0.734. The average Bonchev–Trinajstić information content (AvgIpc) is 2.15. The van der Waals surface area contributed by atoms with Crippen LogP contribution in [0.2, 0.25) is 0 Å². The number of hydrogen-bond donors (Lipinski definition) is 4. The third kappa shape index (κ3) is 8.54. The van der Waals surface area contributed by atoms with E-state index in [9.17, 15) is 4.79 Å². The normalized spacial score (nSPS) is 9.14. The van der Waals surface area contributed by atoms with E-state index in [2.05, 4.69) is 22.4 Å². The van der Waals surface area contributed by atoms with E-state index in [4.69, 9.17) is 11.5 Å². The monoisotopic (exact) mass is 199 g/mol. The van der Waals surface area contributed by atoms with Crippen LogP contribution >= 0.6 is 0 Å². The molecule has 14 heavy (non-hydrogen) atoms. The van der Waals surface area contributed by atoms with E-state index in [1.165, 1.54) is 6.08 Å². The molecular formula is C8H17N5O. The van der Waals surface area contributed by atoms with Crippen LogP contribution in [0.1, 0.15) is 12.8 Å². The maximum atomic E-state index is 10.6. The lowest BCUT2D eigenvalue weighted by atomic mass is 10.3. The Labute approximate surface area is 83.4 Å². The van der Waals surface area contributed by atoms with Crippen LogP contribution in [0, 0.1) is 0 Å². The molecule has 1 amide bonds. The molecule has 6 nitrogen and oxygen atoms in total. The van der Waals surface area contributed by atoms with E-state index in [0.717, 1.165) is 12.8 Å². The Morgan fingerprint density at radius 2 is 2.14 bits per heavy atom. The molecule has 0 radical (unpaired) electrons. The summed E-state index contributed by atoms with van der Waals surface area (Å²) in [4.78, 5) is 14.5. The van der Waals surface area contributed by atoms with Crippen LogP contribution in [0.25, 0.3) is 0 Å². The van der Waals surface area contributed by atoms with Crippen molar-refractivity contribution in [1.82, 2.24) is 10.9 Å². The van der Waals surface area contributed by atoms with Crippen molar-refractivity contribution in [2.24, 2.45) is 16.5 Å². The first-order chi connectivity index (χ1) is 6.66. The first kappa shape index (κ1) is 12.4. The lowest BCUT2D eigenvalue weighted by molar-refractivity contribution is -0.117. The molecule has 0 heterocycles. The highest BCUT2D eigenvalue weighted by atomic mass is 16.2. The zero-order valence-electron chi connectivity index (χ0n) is 8.12. The summed E-state index contributed by atoms with van der Waals surface area (Å²) in [6, 6.07) is 0. The third-order valence-corrected chi connectivity index (χ3v) is 1.40. The summed E-state index contributed by atoms with van der Waals surface area (Å²) in [7, 11) is 0. The molecule has 6 N–H and O–H groups in total. The number of nitrogens with one attached hydrogen (secondary N) is 2. The van der Waals surface area contributed by atoms with E-state index in [1.54, 1.807) is 0 Å². The highest BCUT2D eigenvalue weighted by molar-refractivity contribution is 5.86. The molecule has 0 saturated carbocycles. The molecule has 0 aliphatic rings. The molecule has 6 heteroatoms. The topological polar surface area (TPSA) is 106 Å².